The van der Waals surface area contributed by atoms with Gasteiger partial charge in [0.25, 0.3) is 5.56 Å². The first kappa shape index (κ1) is 19.9. The van der Waals surface area contributed by atoms with Gasteiger partial charge in [-0.25, -0.2) is 9.78 Å². The topological polar surface area (TPSA) is 99.1 Å². The summed E-state index contributed by atoms with van der Waals surface area (Å²) in [6.07, 6.45) is 3.14. The molecule has 0 spiro atoms. The number of nitrogens with zero attached hydrogens (tertiary/aromatic N) is 3. The molecule has 1 N–H and O–H groups in total. The van der Waals surface area contributed by atoms with E-state index in [0.29, 0.717) is 43.1 Å². The Balaban J connectivity index is 1.81. The quantitative estimate of drug-likeness (QED) is 0.290. The number of thiazole rings is 1. The lowest BCUT2D eigenvalue weighted by Crippen LogP contribution is -2.21. The van der Waals surface area contributed by atoms with Crippen molar-refractivity contribution in [3.8, 4) is 0 Å². The number of rotatable bonds is 5. The summed E-state index contributed by atoms with van der Waals surface area (Å²) in [5.74, 6) is -0.232. The van der Waals surface area contributed by atoms with Crippen LogP contribution in [0.1, 0.15) is 12.5 Å². The summed E-state index contributed by atoms with van der Waals surface area (Å²) in [6.45, 7) is 5.70. The third-order valence-electron chi connectivity index (χ3n) is 4.45. The van der Waals surface area contributed by atoms with Gasteiger partial charge in [-0.2, -0.15) is 0 Å². The predicted octanol–water partition coefficient (Wildman–Crippen LogP) is 3.29. The largest absolute Gasteiger partial charge is 0.423 e. The van der Waals surface area contributed by atoms with Crippen molar-refractivity contribution >= 4 is 56.5 Å². The van der Waals surface area contributed by atoms with E-state index >= 15 is 0 Å². The van der Waals surface area contributed by atoms with Crippen molar-refractivity contribution in [1.29, 1.82) is 0 Å². The molecule has 3 heterocycles. The predicted molar refractivity (Wildman–Crippen MR) is 119 cm³/mol. The first-order valence-corrected chi connectivity index (χ1v) is 10.1. The van der Waals surface area contributed by atoms with Crippen LogP contribution in [0.5, 0.6) is 0 Å². The van der Waals surface area contributed by atoms with Gasteiger partial charge >= 0.3 is 5.63 Å². The minimum Gasteiger partial charge on any atom is -0.423 e. The Labute approximate surface area is 178 Å². The van der Waals surface area contributed by atoms with E-state index in [2.05, 4.69) is 16.9 Å². The van der Waals surface area contributed by atoms with Crippen LogP contribution in [0, 0.1) is 3.95 Å². The zero-order chi connectivity index (χ0) is 21.4. The van der Waals surface area contributed by atoms with Crippen molar-refractivity contribution in [1.82, 2.24) is 14.1 Å². The number of benzene rings is 1. The van der Waals surface area contributed by atoms with Gasteiger partial charge in [0.05, 0.1) is 6.54 Å². The number of hydrogen-bond acceptors (Lipinski definition) is 7. The number of fused-ring (bicyclic) bond motifs is 2. The lowest BCUT2D eigenvalue weighted by Gasteiger charge is -2.09. The van der Waals surface area contributed by atoms with Gasteiger partial charge in [0.2, 0.25) is 5.91 Å². The zero-order valence-corrected chi connectivity index (χ0v) is 17.5. The Morgan fingerprint density at radius 3 is 2.90 bits per heavy atom. The van der Waals surface area contributed by atoms with E-state index < -0.39 is 5.63 Å². The van der Waals surface area contributed by atoms with E-state index in [4.69, 9.17) is 16.6 Å². The average molecular weight is 441 g/mol. The number of hydrogen-bond donors (Lipinski definition) is 1. The fourth-order valence-electron chi connectivity index (χ4n) is 3.20. The molecular weight excluding hydrogens is 424 g/mol. The van der Waals surface area contributed by atoms with Crippen LogP contribution in [0.15, 0.2) is 57.3 Å². The highest BCUT2D eigenvalue weighted by molar-refractivity contribution is 7.73. The number of anilines is 1. The molecule has 1 amide bonds. The minimum atomic E-state index is -0.549. The Bertz CT molecular complexity index is 1490. The van der Waals surface area contributed by atoms with Gasteiger partial charge in [-0.1, -0.05) is 17.4 Å². The lowest BCUT2D eigenvalue weighted by atomic mass is 10.1. The summed E-state index contributed by atoms with van der Waals surface area (Å²) in [5, 5.41) is 3.31. The lowest BCUT2D eigenvalue weighted by molar-refractivity contribution is -0.114. The second kappa shape index (κ2) is 7.81. The molecule has 0 saturated carbocycles. The smallest absolute Gasteiger partial charge is 0.336 e. The maximum atomic E-state index is 13.0. The highest BCUT2D eigenvalue weighted by atomic mass is 32.1. The van der Waals surface area contributed by atoms with Crippen molar-refractivity contribution < 1.29 is 9.21 Å². The van der Waals surface area contributed by atoms with Crippen molar-refractivity contribution in [3.63, 3.8) is 0 Å². The third-order valence-corrected chi connectivity index (χ3v) is 5.87. The van der Waals surface area contributed by atoms with Crippen LogP contribution in [0.4, 0.5) is 5.69 Å². The molecule has 0 saturated heterocycles. The molecule has 4 rings (SSSR count). The molecule has 10 heteroatoms. The van der Waals surface area contributed by atoms with E-state index in [-0.39, 0.29) is 18.0 Å². The molecule has 0 aliphatic carbocycles. The summed E-state index contributed by atoms with van der Waals surface area (Å²) in [5.41, 5.74) is 1.16. The Kier molecular flexibility index (Phi) is 5.18. The van der Waals surface area contributed by atoms with Crippen LogP contribution < -0.4 is 16.5 Å². The maximum Gasteiger partial charge on any atom is 0.336 e. The van der Waals surface area contributed by atoms with Gasteiger partial charge in [-0.3, -0.25) is 14.2 Å². The van der Waals surface area contributed by atoms with Gasteiger partial charge in [0, 0.05) is 36.7 Å². The number of amides is 1. The monoisotopic (exact) mass is 440 g/mol. The molecule has 0 aliphatic heterocycles. The number of carbonyl (C=O) groups excluding carboxylic acids is 1. The van der Waals surface area contributed by atoms with E-state index in [0.717, 1.165) is 0 Å². The van der Waals surface area contributed by atoms with Crippen molar-refractivity contribution in [2.45, 2.75) is 20.0 Å². The number of allylic oxidation sites excluding steroid dienone is 1. The van der Waals surface area contributed by atoms with Crippen LogP contribution in [0.25, 0.3) is 21.3 Å². The molecule has 30 heavy (non-hydrogen) atoms. The molecule has 0 aliphatic rings. The van der Waals surface area contributed by atoms with Crippen LogP contribution >= 0.6 is 23.6 Å². The van der Waals surface area contributed by atoms with E-state index in [1.54, 1.807) is 28.8 Å². The first-order valence-electron chi connectivity index (χ1n) is 8.91. The SMILES string of the molecule is C=CCn1c(=S)sc2c(=O)n(Cc3cc(=O)oc4cc(NC(C)=O)ccc34)cnc21. The van der Waals surface area contributed by atoms with Crippen LogP contribution in [0.2, 0.25) is 0 Å². The third kappa shape index (κ3) is 3.62. The minimum absolute atomic E-state index is 0.134. The van der Waals surface area contributed by atoms with Gasteiger partial charge < -0.3 is 14.3 Å². The average Bonchev–Trinajstić information content (AvgIpc) is 3.00. The maximum absolute atomic E-state index is 13.0. The Morgan fingerprint density at radius 2 is 2.17 bits per heavy atom. The highest BCUT2D eigenvalue weighted by Gasteiger charge is 2.14. The molecule has 8 nitrogen and oxygen atoms in total. The molecule has 152 valence electrons. The van der Waals surface area contributed by atoms with Crippen LogP contribution in [-0.2, 0) is 17.9 Å². The highest BCUT2D eigenvalue weighted by Crippen LogP contribution is 2.23. The second-order valence-corrected chi connectivity index (χ2v) is 8.22. The standard InChI is InChI=1S/C20H16N4O4S2/c1-3-6-24-18-17(30-20(24)29)19(27)23(10-21-18)9-12-7-16(26)28-15-8-13(22-11(2)25)4-5-14(12)15/h3-5,7-8,10H,1,6,9H2,2H3,(H,22,25). The van der Waals surface area contributed by atoms with Gasteiger partial charge in [-0.15, -0.1) is 6.58 Å². The molecule has 0 fully saturated rings. The molecule has 3 aromatic heterocycles. The van der Waals surface area contributed by atoms with Crippen LogP contribution in [-0.4, -0.2) is 20.0 Å². The molecular formula is C20H16N4O4S2. The number of nitrogens with one attached hydrogen (secondary N) is 1. The second-order valence-electron chi connectivity index (χ2n) is 6.58. The number of carbonyl (C=O) groups is 1. The molecule has 0 atom stereocenters. The van der Waals surface area contributed by atoms with Gasteiger partial charge in [0.1, 0.15) is 16.6 Å². The Hall–Kier alpha value is -3.37. The normalized spacial score (nSPS) is 11.1. The number of aromatic nitrogens is 3. The molecule has 0 radical (unpaired) electrons. The van der Waals surface area contributed by atoms with Crippen LogP contribution in [0.3, 0.4) is 0 Å². The fraction of sp³-hybridized carbons (Fsp3) is 0.150. The van der Waals surface area contributed by atoms with E-state index in [1.807, 2.05) is 0 Å². The zero-order valence-electron chi connectivity index (χ0n) is 15.9. The summed E-state index contributed by atoms with van der Waals surface area (Å²) >= 11 is 6.53. The van der Waals surface area contributed by atoms with Crippen molar-refractivity contribution in [3.05, 3.63) is 73.5 Å². The molecule has 4 aromatic rings. The van der Waals surface area contributed by atoms with Crippen molar-refractivity contribution in [2.24, 2.45) is 0 Å². The van der Waals surface area contributed by atoms with E-state index in [9.17, 15) is 14.4 Å². The van der Waals surface area contributed by atoms with Gasteiger partial charge in [-0.05, 0) is 29.9 Å². The summed E-state index contributed by atoms with van der Waals surface area (Å²) in [4.78, 5) is 40.7. The molecule has 1 aromatic carbocycles. The van der Waals surface area contributed by atoms with Crippen molar-refractivity contribution in [2.75, 3.05) is 5.32 Å². The fourth-order valence-corrected chi connectivity index (χ4v) is 4.52. The first-order chi connectivity index (χ1) is 14.4. The molecule has 0 unspecified atom stereocenters. The summed E-state index contributed by atoms with van der Waals surface area (Å²) < 4.78 is 9.45. The summed E-state index contributed by atoms with van der Waals surface area (Å²) in [7, 11) is 0. The van der Waals surface area contributed by atoms with E-state index in [1.165, 1.54) is 35.2 Å². The molecule has 0 bridgehead atoms. The van der Waals surface area contributed by atoms with Gasteiger partial charge in [0.15, 0.2) is 9.60 Å². The summed E-state index contributed by atoms with van der Waals surface area (Å²) in [6, 6.07) is 6.37. The Morgan fingerprint density at radius 1 is 1.37 bits per heavy atom.